The van der Waals surface area contributed by atoms with Gasteiger partial charge in [0, 0.05) is 24.1 Å². The van der Waals surface area contributed by atoms with Crippen molar-refractivity contribution in [1.82, 2.24) is 10.6 Å². The van der Waals surface area contributed by atoms with Gasteiger partial charge in [-0.15, -0.1) is 0 Å². The molecule has 0 saturated heterocycles. The van der Waals surface area contributed by atoms with Gasteiger partial charge in [-0.2, -0.15) is 0 Å². The lowest BCUT2D eigenvalue weighted by Crippen LogP contribution is -2.37. The summed E-state index contributed by atoms with van der Waals surface area (Å²) in [4.78, 5) is 12.7. The van der Waals surface area contributed by atoms with Crippen molar-refractivity contribution in [2.45, 2.75) is 45.2 Å². The molecule has 0 bridgehead atoms. The summed E-state index contributed by atoms with van der Waals surface area (Å²) >= 11 is 0. The van der Waals surface area contributed by atoms with Crippen molar-refractivity contribution < 1.29 is 14.3 Å². The Hall–Kier alpha value is -2.53. The number of methoxy groups -OCH3 is 1. The fraction of sp³-hybridized carbons (Fsp3) is 0.458. The summed E-state index contributed by atoms with van der Waals surface area (Å²) in [7, 11) is 3.66. The molecular formula is C24H32N2O3. The predicted molar refractivity (Wildman–Crippen MR) is 116 cm³/mol. The molecule has 1 aliphatic carbocycles. The number of hydrogen-bond acceptors (Lipinski definition) is 4. The highest BCUT2D eigenvalue weighted by Gasteiger charge is 2.25. The lowest BCUT2D eigenvalue weighted by molar-refractivity contribution is -0.126. The predicted octanol–water partition coefficient (Wildman–Crippen LogP) is 4.16. The van der Waals surface area contributed by atoms with Crippen LogP contribution in [0.4, 0.5) is 0 Å². The van der Waals surface area contributed by atoms with E-state index in [-0.39, 0.29) is 11.8 Å². The average Bonchev–Trinajstić information content (AvgIpc) is 2.78. The van der Waals surface area contributed by atoms with Crippen LogP contribution in [0.5, 0.6) is 11.5 Å². The molecule has 156 valence electrons. The van der Waals surface area contributed by atoms with Crippen LogP contribution in [0.3, 0.4) is 0 Å². The van der Waals surface area contributed by atoms with Gasteiger partial charge in [-0.25, -0.2) is 0 Å². The van der Waals surface area contributed by atoms with E-state index in [1.54, 1.807) is 7.11 Å². The van der Waals surface area contributed by atoms with E-state index in [4.69, 9.17) is 9.47 Å². The van der Waals surface area contributed by atoms with Gasteiger partial charge >= 0.3 is 0 Å². The van der Waals surface area contributed by atoms with Crippen LogP contribution in [0.1, 0.15) is 38.2 Å². The molecule has 29 heavy (non-hydrogen) atoms. The van der Waals surface area contributed by atoms with E-state index in [2.05, 4.69) is 22.8 Å². The summed E-state index contributed by atoms with van der Waals surface area (Å²) in [5, 5.41) is 6.45. The number of ether oxygens (including phenoxy) is 2. The molecule has 2 aromatic carbocycles. The quantitative estimate of drug-likeness (QED) is 0.704. The molecule has 0 aromatic heterocycles. The Labute approximate surface area is 173 Å². The van der Waals surface area contributed by atoms with Crippen LogP contribution in [-0.4, -0.2) is 32.7 Å². The van der Waals surface area contributed by atoms with Crippen LogP contribution in [0, 0.1) is 5.92 Å². The summed E-state index contributed by atoms with van der Waals surface area (Å²) in [5.74, 6) is 1.92. The first kappa shape index (κ1) is 21.2. The minimum absolute atomic E-state index is 0.111. The van der Waals surface area contributed by atoms with Crippen molar-refractivity contribution >= 4 is 5.91 Å². The Morgan fingerprint density at radius 2 is 1.72 bits per heavy atom. The van der Waals surface area contributed by atoms with E-state index in [1.807, 2.05) is 44.3 Å². The summed E-state index contributed by atoms with van der Waals surface area (Å²) in [5.41, 5.74) is 3.19. The third-order valence-electron chi connectivity index (χ3n) is 5.74. The Kier molecular flexibility index (Phi) is 7.53. The zero-order chi connectivity index (χ0) is 20.6. The van der Waals surface area contributed by atoms with Crippen LogP contribution in [-0.2, 0) is 11.3 Å². The maximum absolute atomic E-state index is 12.7. The lowest BCUT2D eigenvalue weighted by atomic mass is 9.85. The molecule has 2 aromatic rings. The van der Waals surface area contributed by atoms with E-state index in [1.165, 1.54) is 0 Å². The first-order valence-corrected chi connectivity index (χ1v) is 10.5. The van der Waals surface area contributed by atoms with Crippen molar-refractivity contribution in [2.24, 2.45) is 5.92 Å². The highest BCUT2D eigenvalue weighted by atomic mass is 16.5. The third-order valence-corrected chi connectivity index (χ3v) is 5.74. The van der Waals surface area contributed by atoms with Crippen LogP contribution < -0.4 is 20.1 Å². The third kappa shape index (κ3) is 5.51. The molecule has 1 fully saturated rings. The van der Waals surface area contributed by atoms with Crippen LogP contribution >= 0.6 is 0 Å². The molecule has 0 heterocycles. The van der Waals surface area contributed by atoms with Gasteiger partial charge in [0.25, 0.3) is 0 Å². The van der Waals surface area contributed by atoms with Gasteiger partial charge in [0.1, 0.15) is 11.5 Å². The molecule has 2 N–H and O–H groups in total. The van der Waals surface area contributed by atoms with Crippen molar-refractivity contribution in [2.75, 3.05) is 20.8 Å². The van der Waals surface area contributed by atoms with E-state index >= 15 is 0 Å². The summed E-state index contributed by atoms with van der Waals surface area (Å²) in [6.07, 6.45) is 4.01. The van der Waals surface area contributed by atoms with Gasteiger partial charge < -0.3 is 20.1 Å². The molecule has 5 nitrogen and oxygen atoms in total. The summed E-state index contributed by atoms with van der Waals surface area (Å²) in [6, 6.07) is 14.7. The second-order valence-electron chi connectivity index (χ2n) is 7.54. The van der Waals surface area contributed by atoms with Crippen LogP contribution in [0.2, 0.25) is 0 Å². The van der Waals surface area contributed by atoms with Gasteiger partial charge in [-0.05, 0) is 75.0 Å². The molecular weight excluding hydrogens is 364 g/mol. The van der Waals surface area contributed by atoms with E-state index < -0.39 is 0 Å². The first-order valence-electron chi connectivity index (χ1n) is 10.5. The molecule has 0 spiro atoms. The molecule has 0 unspecified atom stereocenters. The number of carbonyl (C=O) groups is 1. The monoisotopic (exact) mass is 396 g/mol. The Bertz CT molecular complexity index is 796. The standard InChI is InChI=1S/C24H32N2O3/c1-4-29-23-14-9-19(17-7-12-22(28-3)13-8-17)15-20(23)16-26-24(27)18-5-10-21(25-2)11-6-18/h7-9,12-15,18,21,25H,4-6,10-11,16H2,1-3H3,(H,26,27). The normalized spacial score (nSPS) is 18.9. The lowest BCUT2D eigenvalue weighted by Gasteiger charge is -2.27. The van der Waals surface area contributed by atoms with Crippen LogP contribution in [0.25, 0.3) is 11.1 Å². The van der Waals surface area contributed by atoms with Gasteiger partial charge in [0.15, 0.2) is 0 Å². The van der Waals surface area contributed by atoms with E-state index in [0.717, 1.165) is 53.9 Å². The largest absolute Gasteiger partial charge is 0.497 e. The van der Waals surface area contributed by atoms with Gasteiger partial charge in [0.05, 0.1) is 13.7 Å². The van der Waals surface area contributed by atoms with Crippen LogP contribution in [0.15, 0.2) is 42.5 Å². The van der Waals surface area contributed by atoms with Crippen molar-refractivity contribution in [3.63, 3.8) is 0 Å². The number of benzene rings is 2. The molecule has 1 saturated carbocycles. The Morgan fingerprint density at radius 3 is 2.34 bits per heavy atom. The maximum Gasteiger partial charge on any atom is 0.223 e. The highest BCUT2D eigenvalue weighted by molar-refractivity contribution is 5.79. The molecule has 1 aliphatic rings. The van der Waals surface area contributed by atoms with E-state index in [0.29, 0.717) is 19.2 Å². The fourth-order valence-corrected chi connectivity index (χ4v) is 3.95. The van der Waals surface area contributed by atoms with Gasteiger partial charge in [-0.1, -0.05) is 18.2 Å². The molecule has 3 rings (SSSR count). The summed E-state index contributed by atoms with van der Waals surface area (Å²) in [6.45, 7) is 3.04. The molecule has 0 aliphatic heterocycles. The number of amides is 1. The zero-order valence-electron chi connectivity index (χ0n) is 17.7. The van der Waals surface area contributed by atoms with Gasteiger partial charge in [0.2, 0.25) is 5.91 Å². The minimum Gasteiger partial charge on any atom is -0.497 e. The number of hydrogen-bond donors (Lipinski definition) is 2. The first-order chi connectivity index (χ1) is 14.1. The number of rotatable bonds is 8. The molecule has 5 heteroatoms. The highest BCUT2D eigenvalue weighted by Crippen LogP contribution is 2.29. The van der Waals surface area contributed by atoms with Crippen molar-refractivity contribution in [3.05, 3.63) is 48.0 Å². The number of carbonyl (C=O) groups excluding carboxylic acids is 1. The Balaban J connectivity index is 1.70. The second kappa shape index (κ2) is 10.3. The molecule has 0 radical (unpaired) electrons. The minimum atomic E-state index is 0.111. The summed E-state index contributed by atoms with van der Waals surface area (Å²) < 4.78 is 11.0. The Morgan fingerprint density at radius 1 is 1.03 bits per heavy atom. The van der Waals surface area contributed by atoms with Crippen molar-refractivity contribution in [1.29, 1.82) is 0 Å². The zero-order valence-corrected chi connectivity index (χ0v) is 17.7. The van der Waals surface area contributed by atoms with Gasteiger partial charge in [-0.3, -0.25) is 4.79 Å². The average molecular weight is 397 g/mol. The molecule has 1 amide bonds. The topological polar surface area (TPSA) is 59.6 Å². The molecule has 0 atom stereocenters. The SMILES string of the molecule is CCOc1ccc(-c2ccc(OC)cc2)cc1CNC(=O)C1CCC(NC)CC1. The van der Waals surface area contributed by atoms with E-state index in [9.17, 15) is 4.79 Å². The fourth-order valence-electron chi connectivity index (χ4n) is 3.95. The van der Waals surface area contributed by atoms with Crippen molar-refractivity contribution in [3.8, 4) is 22.6 Å². The number of nitrogens with one attached hydrogen (secondary N) is 2. The second-order valence-corrected chi connectivity index (χ2v) is 7.54. The smallest absolute Gasteiger partial charge is 0.223 e. The maximum atomic E-state index is 12.7.